The van der Waals surface area contributed by atoms with E-state index in [1.807, 2.05) is 18.2 Å². The molecule has 2 heterocycles. The molecule has 1 aromatic rings. The highest BCUT2D eigenvalue weighted by Crippen LogP contribution is 2.34. The number of nitrogens with zero attached hydrogens (tertiary/aromatic N) is 2. The van der Waals surface area contributed by atoms with Crippen molar-refractivity contribution in [2.24, 2.45) is 4.99 Å². The van der Waals surface area contributed by atoms with Crippen molar-refractivity contribution in [1.82, 2.24) is 4.90 Å². The summed E-state index contributed by atoms with van der Waals surface area (Å²) in [5.41, 5.74) is 7.40. The topological polar surface area (TPSA) is 50.8 Å². The van der Waals surface area contributed by atoms with Gasteiger partial charge >= 0.3 is 0 Å². The summed E-state index contributed by atoms with van der Waals surface area (Å²) in [6, 6.07) is 6.70. The zero-order valence-electron chi connectivity index (χ0n) is 11.6. The summed E-state index contributed by atoms with van der Waals surface area (Å²) in [7, 11) is 0. The zero-order chi connectivity index (χ0) is 13.4. The Labute approximate surface area is 114 Å². The molecular formula is C15H21N3O. The number of piperidine rings is 1. The minimum absolute atomic E-state index is 0.536. The molecule has 0 radical (unpaired) electrons. The monoisotopic (exact) mass is 259 g/mol. The molecule has 0 saturated carbocycles. The molecule has 4 nitrogen and oxygen atoms in total. The number of benzene rings is 1. The van der Waals surface area contributed by atoms with Crippen molar-refractivity contribution in [2.75, 3.05) is 12.3 Å². The predicted octanol–water partition coefficient (Wildman–Crippen LogP) is 2.95. The SMILES string of the molecule is CC1CCCC(C)N1C1=Nc2cc(N)ccc2OC1. The van der Waals surface area contributed by atoms with Crippen LogP contribution in [0.2, 0.25) is 0 Å². The van der Waals surface area contributed by atoms with Crippen LogP contribution in [0.4, 0.5) is 11.4 Å². The highest BCUT2D eigenvalue weighted by Gasteiger charge is 2.29. The molecule has 0 bridgehead atoms. The first kappa shape index (κ1) is 12.3. The number of hydrogen-bond donors (Lipinski definition) is 1. The van der Waals surface area contributed by atoms with Crippen LogP contribution in [0.15, 0.2) is 23.2 Å². The smallest absolute Gasteiger partial charge is 0.146 e. The van der Waals surface area contributed by atoms with E-state index in [1.165, 1.54) is 19.3 Å². The fourth-order valence-corrected chi connectivity index (χ4v) is 3.12. The average Bonchev–Trinajstić information content (AvgIpc) is 2.38. The number of fused-ring (bicyclic) bond motifs is 1. The van der Waals surface area contributed by atoms with E-state index in [2.05, 4.69) is 18.7 Å². The number of nitrogen functional groups attached to an aromatic ring is 1. The normalized spacial score (nSPS) is 26.4. The van der Waals surface area contributed by atoms with E-state index in [-0.39, 0.29) is 0 Å². The standard InChI is InChI=1S/C15H21N3O/c1-10-4-3-5-11(2)18(10)15-9-19-14-7-6-12(16)8-13(14)17-15/h6-8,10-11H,3-5,9,16H2,1-2H3. The maximum Gasteiger partial charge on any atom is 0.146 e. The van der Waals surface area contributed by atoms with Gasteiger partial charge in [-0.25, -0.2) is 4.99 Å². The van der Waals surface area contributed by atoms with Gasteiger partial charge in [0.25, 0.3) is 0 Å². The molecule has 3 rings (SSSR count). The Balaban J connectivity index is 1.93. The van der Waals surface area contributed by atoms with Crippen molar-refractivity contribution in [3.05, 3.63) is 18.2 Å². The van der Waals surface area contributed by atoms with Gasteiger partial charge in [-0.05, 0) is 51.3 Å². The van der Waals surface area contributed by atoms with E-state index in [1.54, 1.807) is 0 Å². The van der Waals surface area contributed by atoms with Crippen molar-refractivity contribution in [3.8, 4) is 5.75 Å². The third-order valence-corrected chi connectivity index (χ3v) is 4.08. The Morgan fingerprint density at radius 2 is 2.00 bits per heavy atom. The van der Waals surface area contributed by atoms with E-state index < -0.39 is 0 Å². The van der Waals surface area contributed by atoms with Crippen LogP contribution in [0.1, 0.15) is 33.1 Å². The summed E-state index contributed by atoms with van der Waals surface area (Å²) in [5.74, 6) is 1.87. The largest absolute Gasteiger partial charge is 0.483 e. The highest BCUT2D eigenvalue weighted by atomic mass is 16.5. The lowest BCUT2D eigenvalue weighted by Gasteiger charge is -2.42. The lowest BCUT2D eigenvalue weighted by molar-refractivity contribution is 0.178. The molecular weight excluding hydrogens is 238 g/mol. The summed E-state index contributed by atoms with van der Waals surface area (Å²) in [5, 5.41) is 0. The highest BCUT2D eigenvalue weighted by molar-refractivity contribution is 5.89. The molecule has 1 fully saturated rings. The first-order valence-corrected chi connectivity index (χ1v) is 7.03. The van der Waals surface area contributed by atoms with E-state index in [0.717, 1.165) is 23.0 Å². The first-order chi connectivity index (χ1) is 9.15. The fourth-order valence-electron chi connectivity index (χ4n) is 3.12. The van der Waals surface area contributed by atoms with Gasteiger partial charge in [-0.2, -0.15) is 0 Å². The van der Waals surface area contributed by atoms with Gasteiger partial charge in [0.1, 0.15) is 23.9 Å². The maximum absolute atomic E-state index is 5.82. The Kier molecular flexibility index (Phi) is 3.09. The number of anilines is 1. The minimum Gasteiger partial charge on any atom is -0.483 e. The molecule has 0 amide bonds. The van der Waals surface area contributed by atoms with Gasteiger partial charge in [-0.15, -0.1) is 0 Å². The van der Waals surface area contributed by atoms with E-state index in [9.17, 15) is 0 Å². The third kappa shape index (κ3) is 2.27. The maximum atomic E-state index is 5.82. The number of rotatable bonds is 0. The molecule has 102 valence electrons. The molecule has 0 spiro atoms. The molecule has 2 aliphatic heterocycles. The van der Waals surface area contributed by atoms with Gasteiger partial charge in [-0.3, -0.25) is 0 Å². The summed E-state index contributed by atoms with van der Waals surface area (Å²) in [6.45, 7) is 5.10. The second kappa shape index (κ2) is 4.76. The number of nitrogens with two attached hydrogens (primary N) is 1. The van der Waals surface area contributed by atoms with Crippen molar-refractivity contribution in [3.63, 3.8) is 0 Å². The number of hydrogen-bond acceptors (Lipinski definition) is 4. The number of amidine groups is 1. The van der Waals surface area contributed by atoms with Gasteiger partial charge in [0, 0.05) is 17.8 Å². The second-order valence-corrected chi connectivity index (χ2v) is 5.58. The van der Waals surface area contributed by atoms with E-state index in [4.69, 9.17) is 15.5 Å². The first-order valence-electron chi connectivity index (χ1n) is 7.03. The zero-order valence-corrected chi connectivity index (χ0v) is 11.6. The van der Waals surface area contributed by atoms with Crippen LogP contribution in [0.3, 0.4) is 0 Å². The number of aliphatic imine (C=N–C) groups is 1. The Morgan fingerprint density at radius 3 is 2.74 bits per heavy atom. The van der Waals surface area contributed by atoms with Crippen molar-refractivity contribution >= 4 is 17.2 Å². The van der Waals surface area contributed by atoms with Crippen LogP contribution >= 0.6 is 0 Å². The Morgan fingerprint density at radius 1 is 1.26 bits per heavy atom. The predicted molar refractivity (Wildman–Crippen MR) is 78.1 cm³/mol. The van der Waals surface area contributed by atoms with Crippen LogP contribution in [0.25, 0.3) is 0 Å². The fraction of sp³-hybridized carbons (Fsp3) is 0.533. The number of ether oxygens (including phenoxy) is 1. The average molecular weight is 259 g/mol. The van der Waals surface area contributed by atoms with E-state index >= 15 is 0 Å². The molecule has 1 saturated heterocycles. The number of likely N-dealkylation sites (tertiary alicyclic amines) is 1. The molecule has 2 aliphatic rings. The molecule has 19 heavy (non-hydrogen) atoms. The molecule has 2 N–H and O–H groups in total. The summed E-state index contributed by atoms with van der Waals surface area (Å²) < 4.78 is 5.81. The van der Waals surface area contributed by atoms with Crippen molar-refractivity contribution in [2.45, 2.75) is 45.2 Å². The molecule has 2 unspecified atom stereocenters. The van der Waals surface area contributed by atoms with Gasteiger partial charge in [0.05, 0.1) is 0 Å². The molecule has 2 atom stereocenters. The van der Waals surface area contributed by atoms with Crippen molar-refractivity contribution < 1.29 is 4.74 Å². The van der Waals surface area contributed by atoms with Crippen LogP contribution in [-0.4, -0.2) is 29.4 Å². The Bertz CT molecular complexity index is 502. The van der Waals surface area contributed by atoms with Gasteiger partial charge in [0.15, 0.2) is 0 Å². The second-order valence-electron chi connectivity index (χ2n) is 5.58. The van der Waals surface area contributed by atoms with Crippen LogP contribution < -0.4 is 10.5 Å². The van der Waals surface area contributed by atoms with Crippen LogP contribution in [-0.2, 0) is 0 Å². The summed E-state index contributed by atoms with van der Waals surface area (Å²) >= 11 is 0. The quantitative estimate of drug-likeness (QED) is 0.729. The van der Waals surface area contributed by atoms with Crippen LogP contribution in [0.5, 0.6) is 5.75 Å². The van der Waals surface area contributed by atoms with Crippen LogP contribution in [0, 0.1) is 0 Å². The lowest BCUT2D eigenvalue weighted by Crippen LogP contribution is -2.49. The lowest BCUT2D eigenvalue weighted by atomic mass is 9.97. The molecule has 4 heteroatoms. The molecule has 1 aromatic carbocycles. The third-order valence-electron chi connectivity index (χ3n) is 4.08. The van der Waals surface area contributed by atoms with Gasteiger partial charge in [-0.1, -0.05) is 0 Å². The van der Waals surface area contributed by atoms with Gasteiger partial charge in [0.2, 0.25) is 0 Å². The summed E-state index contributed by atoms with van der Waals surface area (Å²) in [6.07, 6.45) is 3.76. The minimum atomic E-state index is 0.536. The molecule has 0 aromatic heterocycles. The summed E-state index contributed by atoms with van der Waals surface area (Å²) in [4.78, 5) is 7.18. The van der Waals surface area contributed by atoms with Crippen molar-refractivity contribution in [1.29, 1.82) is 0 Å². The van der Waals surface area contributed by atoms with E-state index in [0.29, 0.717) is 18.7 Å². The van der Waals surface area contributed by atoms with Gasteiger partial charge < -0.3 is 15.4 Å². The molecule has 0 aliphatic carbocycles. The Hall–Kier alpha value is -1.71.